The van der Waals surface area contributed by atoms with Gasteiger partial charge in [-0.05, 0) is 35.6 Å². The zero-order chi connectivity index (χ0) is 23.4. The summed E-state index contributed by atoms with van der Waals surface area (Å²) in [6, 6.07) is 9.19. The molecule has 1 aromatic carbocycles. The number of carbonyl (C=O) groups excluding carboxylic acids is 2. The van der Waals surface area contributed by atoms with Crippen LogP contribution in [0.25, 0.3) is 0 Å². The number of carbonyl (C=O) groups is 2. The Labute approximate surface area is 195 Å². The lowest BCUT2D eigenvalue weighted by Gasteiger charge is -2.36. The van der Waals surface area contributed by atoms with E-state index in [0.717, 1.165) is 5.56 Å². The molecule has 0 bridgehead atoms. The largest absolute Gasteiger partial charge is 0.466 e. The van der Waals surface area contributed by atoms with E-state index in [9.17, 15) is 14.0 Å². The fourth-order valence-corrected chi connectivity index (χ4v) is 4.77. The average Bonchev–Trinajstić information content (AvgIpc) is 3.24. The summed E-state index contributed by atoms with van der Waals surface area (Å²) in [5.41, 5.74) is 2.71. The Morgan fingerprint density at radius 2 is 1.97 bits per heavy atom. The Hall–Kier alpha value is -3.46. The van der Waals surface area contributed by atoms with Crippen LogP contribution < -0.4 is 5.32 Å². The number of halogens is 1. The normalized spacial score (nSPS) is 17.3. The molecule has 0 unspecified atom stereocenters. The van der Waals surface area contributed by atoms with Gasteiger partial charge in [-0.1, -0.05) is 36.9 Å². The number of benzene rings is 1. The number of thioether (sulfide) groups is 1. The molecule has 9 heteroatoms. The minimum atomic E-state index is -0.782. The van der Waals surface area contributed by atoms with Crippen molar-refractivity contribution in [1.29, 1.82) is 0 Å². The molecule has 1 N–H and O–H groups in total. The highest BCUT2D eigenvalue weighted by atomic mass is 32.2. The first-order valence-corrected chi connectivity index (χ1v) is 11.4. The van der Waals surface area contributed by atoms with E-state index in [2.05, 4.69) is 15.3 Å². The predicted molar refractivity (Wildman–Crippen MR) is 124 cm³/mol. The molecule has 0 fully saturated rings. The second-order valence-electron chi connectivity index (χ2n) is 7.43. The van der Waals surface area contributed by atoms with Crippen molar-refractivity contribution in [2.45, 2.75) is 32.4 Å². The highest BCUT2D eigenvalue weighted by molar-refractivity contribution is 8.16. The summed E-state index contributed by atoms with van der Waals surface area (Å²) in [4.78, 5) is 35.9. The highest BCUT2D eigenvalue weighted by Gasteiger charge is 2.42. The molecule has 3 heterocycles. The van der Waals surface area contributed by atoms with Gasteiger partial charge in [-0.25, -0.2) is 14.2 Å². The van der Waals surface area contributed by atoms with E-state index < -0.39 is 17.8 Å². The molecule has 1 aromatic heterocycles. The summed E-state index contributed by atoms with van der Waals surface area (Å²) in [7, 11) is 1.29. The molecule has 2 aliphatic rings. The lowest BCUT2D eigenvalue weighted by atomic mass is 9.92. The fraction of sp³-hybridized carbons (Fsp3) is 0.250. The van der Waals surface area contributed by atoms with Crippen molar-refractivity contribution in [2.75, 3.05) is 7.11 Å². The van der Waals surface area contributed by atoms with Crippen molar-refractivity contribution in [3.8, 4) is 0 Å². The van der Waals surface area contributed by atoms with Gasteiger partial charge in [0.2, 0.25) is 5.91 Å². The van der Waals surface area contributed by atoms with Crippen LogP contribution in [0.2, 0.25) is 0 Å². The number of methoxy groups -OCH3 is 1. The van der Waals surface area contributed by atoms with Gasteiger partial charge < -0.3 is 15.0 Å². The summed E-state index contributed by atoms with van der Waals surface area (Å²) < 4.78 is 20.0. The third kappa shape index (κ3) is 4.68. The quantitative estimate of drug-likeness (QED) is 0.620. The molecule has 7 nitrogen and oxygen atoms in total. The molecule has 0 radical (unpaired) electrons. The number of hydrogen-bond donors (Lipinski definition) is 1. The van der Waals surface area contributed by atoms with Crippen LogP contribution in [0.15, 0.2) is 76.2 Å². The van der Waals surface area contributed by atoms with Crippen LogP contribution >= 0.6 is 11.8 Å². The first-order valence-electron chi connectivity index (χ1n) is 10.5. The van der Waals surface area contributed by atoms with Crippen LogP contribution in [0.4, 0.5) is 4.39 Å². The highest BCUT2D eigenvalue weighted by Crippen LogP contribution is 2.45. The smallest absolute Gasteiger partial charge is 0.338 e. The van der Waals surface area contributed by atoms with Gasteiger partial charge >= 0.3 is 5.97 Å². The molecular weight excluding hydrogens is 443 g/mol. The summed E-state index contributed by atoms with van der Waals surface area (Å²) in [6.07, 6.45) is 3.87. The summed E-state index contributed by atoms with van der Waals surface area (Å²) in [5, 5.41) is 5.32. The van der Waals surface area contributed by atoms with Gasteiger partial charge in [-0.15, -0.1) is 0 Å². The van der Waals surface area contributed by atoms with Crippen molar-refractivity contribution in [3.63, 3.8) is 0 Å². The van der Waals surface area contributed by atoms with E-state index in [1.165, 1.54) is 24.9 Å². The maximum atomic E-state index is 14.9. The van der Waals surface area contributed by atoms with Crippen LogP contribution in [0.1, 0.15) is 36.9 Å². The molecule has 0 spiro atoms. The molecule has 4 rings (SSSR count). The Morgan fingerprint density at radius 1 is 1.21 bits per heavy atom. The minimum absolute atomic E-state index is 0.0535. The molecule has 170 valence electrons. The van der Waals surface area contributed by atoms with Crippen molar-refractivity contribution >= 4 is 28.8 Å². The molecule has 2 aromatic rings. The molecule has 1 amide bonds. The van der Waals surface area contributed by atoms with Crippen LogP contribution in [-0.4, -0.2) is 34.0 Å². The number of esters is 1. The number of amidine groups is 1. The number of aliphatic imine (C=N–C) groups is 1. The maximum absolute atomic E-state index is 14.9. The van der Waals surface area contributed by atoms with Crippen LogP contribution in [-0.2, 0) is 20.9 Å². The second kappa shape index (κ2) is 9.99. The molecule has 1 atom stereocenters. The first-order chi connectivity index (χ1) is 16.0. The third-order valence-electron chi connectivity index (χ3n) is 5.41. The standard InChI is InChI=1S/C24H23FN4O3S/c1-3-19-21(23(31)32-2)22(17-6-4-5-7-18(17)25)29-16(14-33-24(29)28-19)12-20(30)27-13-15-8-10-26-11-9-15/h4-11,14,22H,3,12-13H2,1-2H3,(H,27,30)/t22-/m0/s1. The number of hydrogen-bond acceptors (Lipinski definition) is 7. The van der Waals surface area contributed by atoms with Crippen molar-refractivity contribution < 1.29 is 18.7 Å². The van der Waals surface area contributed by atoms with E-state index >= 15 is 0 Å². The van der Waals surface area contributed by atoms with Gasteiger partial charge in [0.1, 0.15) is 5.82 Å². The minimum Gasteiger partial charge on any atom is -0.466 e. The Balaban J connectivity index is 1.65. The summed E-state index contributed by atoms with van der Waals surface area (Å²) >= 11 is 1.35. The van der Waals surface area contributed by atoms with Gasteiger partial charge in [0, 0.05) is 30.2 Å². The molecule has 2 aliphatic heterocycles. The number of aromatic nitrogens is 1. The molecule has 0 aliphatic carbocycles. The Morgan fingerprint density at radius 3 is 2.67 bits per heavy atom. The number of amides is 1. The number of fused-ring (bicyclic) bond motifs is 1. The average molecular weight is 467 g/mol. The molecule has 0 saturated heterocycles. The van der Waals surface area contributed by atoms with E-state index in [0.29, 0.717) is 35.1 Å². The summed E-state index contributed by atoms with van der Waals surface area (Å²) in [5.74, 6) is -1.21. The lowest BCUT2D eigenvalue weighted by Crippen LogP contribution is -2.38. The van der Waals surface area contributed by atoms with Gasteiger partial charge in [0.15, 0.2) is 5.17 Å². The van der Waals surface area contributed by atoms with Crippen molar-refractivity contribution in [3.05, 3.63) is 88.1 Å². The Kier molecular flexibility index (Phi) is 6.88. The fourth-order valence-electron chi connectivity index (χ4n) is 3.83. The molecule has 33 heavy (non-hydrogen) atoms. The Bertz CT molecular complexity index is 1160. The van der Waals surface area contributed by atoms with Gasteiger partial charge in [-0.3, -0.25) is 9.78 Å². The number of pyridine rings is 1. The molecule has 0 saturated carbocycles. The number of ether oxygens (including phenoxy) is 1. The van der Waals surface area contributed by atoms with E-state index in [-0.39, 0.29) is 17.9 Å². The topological polar surface area (TPSA) is 83.9 Å². The summed E-state index contributed by atoms with van der Waals surface area (Å²) in [6.45, 7) is 2.25. The third-order valence-corrected chi connectivity index (χ3v) is 6.30. The van der Waals surface area contributed by atoms with Crippen LogP contribution in [0.5, 0.6) is 0 Å². The zero-order valence-corrected chi connectivity index (χ0v) is 19.1. The van der Waals surface area contributed by atoms with Crippen molar-refractivity contribution in [1.82, 2.24) is 15.2 Å². The number of rotatable bonds is 7. The lowest BCUT2D eigenvalue weighted by molar-refractivity contribution is -0.136. The zero-order valence-electron chi connectivity index (χ0n) is 18.2. The van der Waals surface area contributed by atoms with E-state index in [1.807, 2.05) is 24.5 Å². The number of allylic oxidation sites excluding steroid dienone is 1. The second-order valence-corrected chi connectivity index (χ2v) is 8.27. The number of nitrogens with one attached hydrogen (secondary N) is 1. The monoisotopic (exact) mass is 466 g/mol. The SMILES string of the molecule is CCC1=C(C(=O)OC)[C@H](c2ccccc2F)N2C(CC(=O)NCc3ccncc3)=CSC2=N1. The van der Waals surface area contributed by atoms with Gasteiger partial charge in [0.25, 0.3) is 0 Å². The van der Waals surface area contributed by atoms with Gasteiger partial charge in [0.05, 0.1) is 30.8 Å². The van der Waals surface area contributed by atoms with E-state index in [1.54, 1.807) is 35.5 Å². The van der Waals surface area contributed by atoms with Crippen LogP contribution in [0.3, 0.4) is 0 Å². The van der Waals surface area contributed by atoms with Crippen molar-refractivity contribution in [2.24, 2.45) is 4.99 Å². The van der Waals surface area contributed by atoms with E-state index in [4.69, 9.17) is 4.74 Å². The predicted octanol–water partition coefficient (Wildman–Crippen LogP) is 4.07. The maximum Gasteiger partial charge on any atom is 0.338 e. The van der Waals surface area contributed by atoms with Gasteiger partial charge in [-0.2, -0.15) is 0 Å². The molecular formula is C24H23FN4O3S. The first kappa shape index (κ1) is 22.7. The number of nitrogens with zero attached hydrogens (tertiary/aromatic N) is 3. The van der Waals surface area contributed by atoms with Crippen LogP contribution in [0, 0.1) is 5.82 Å².